The fourth-order valence-electron chi connectivity index (χ4n) is 2.52. The van der Waals surface area contributed by atoms with Crippen molar-refractivity contribution in [2.75, 3.05) is 0 Å². The molecule has 1 aromatic heterocycles. The molecule has 0 fully saturated rings. The molecule has 1 aliphatic rings. The summed E-state index contributed by atoms with van der Waals surface area (Å²) in [5, 5.41) is 20.4. The number of nitrogens with zero attached hydrogens (tertiary/aromatic N) is 2. The second kappa shape index (κ2) is 5.64. The molecule has 9 nitrogen and oxygen atoms in total. The summed E-state index contributed by atoms with van der Waals surface area (Å²) in [5.74, 6) is -1.20. The lowest BCUT2D eigenvalue weighted by atomic mass is 9.87. The predicted molar refractivity (Wildman–Crippen MR) is 84.6 cm³/mol. The molecule has 24 heavy (non-hydrogen) atoms. The van der Waals surface area contributed by atoms with Crippen molar-refractivity contribution in [3.63, 3.8) is 0 Å². The molecule has 1 aliphatic heterocycles. The van der Waals surface area contributed by atoms with Crippen LogP contribution in [0.4, 0.5) is 5.69 Å². The van der Waals surface area contributed by atoms with Crippen molar-refractivity contribution in [2.24, 2.45) is 5.73 Å². The second-order valence-corrected chi connectivity index (χ2v) is 5.34. The van der Waals surface area contributed by atoms with E-state index in [0.717, 1.165) is 0 Å². The number of aromatic amines is 2. The molecular weight excluding hydrogens is 334 g/mol. The maximum Gasteiger partial charge on any atom is 0.295 e. The summed E-state index contributed by atoms with van der Waals surface area (Å²) in [5.41, 5.74) is 5.64. The number of nitrogens with two attached hydrogens (primary N) is 1. The summed E-state index contributed by atoms with van der Waals surface area (Å²) >= 11 is 4.95. The van der Waals surface area contributed by atoms with Gasteiger partial charge in [-0.3, -0.25) is 19.9 Å². The summed E-state index contributed by atoms with van der Waals surface area (Å²) in [6.07, 6.45) is 0. The number of nitro groups is 1. The number of hydrogen-bond acceptors (Lipinski definition) is 7. The molecule has 0 aliphatic carbocycles. The third kappa shape index (κ3) is 2.42. The first-order chi connectivity index (χ1) is 11.4. The van der Waals surface area contributed by atoms with Crippen LogP contribution in [-0.2, 0) is 0 Å². The van der Waals surface area contributed by atoms with Gasteiger partial charge < -0.3 is 15.5 Å². The van der Waals surface area contributed by atoms with E-state index in [9.17, 15) is 20.2 Å². The minimum atomic E-state index is -0.831. The Bertz CT molecular complexity index is 1050. The Balaban J connectivity index is 2.32. The Labute approximate surface area is 139 Å². The number of aromatic nitrogens is 2. The molecule has 120 valence electrons. The Hall–Kier alpha value is -3.45. The van der Waals surface area contributed by atoms with Crippen molar-refractivity contribution in [3.05, 3.63) is 72.2 Å². The predicted octanol–water partition coefficient (Wildman–Crippen LogP) is 1.56. The van der Waals surface area contributed by atoms with E-state index in [1.165, 1.54) is 18.2 Å². The van der Waals surface area contributed by atoms with Gasteiger partial charge in [0.1, 0.15) is 11.6 Å². The fourth-order valence-corrected chi connectivity index (χ4v) is 2.72. The summed E-state index contributed by atoms with van der Waals surface area (Å²) in [4.78, 5) is 27.6. The van der Waals surface area contributed by atoms with Crippen LogP contribution in [0.2, 0.25) is 0 Å². The molecule has 1 unspecified atom stereocenters. The van der Waals surface area contributed by atoms with Crippen molar-refractivity contribution < 1.29 is 9.66 Å². The van der Waals surface area contributed by atoms with Gasteiger partial charge in [-0.05, 0) is 17.8 Å². The average molecular weight is 343 g/mol. The zero-order valence-corrected chi connectivity index (χ0v) is 12.7. The van der Waals surface area contributed by atoms with Crippen LogP contribution in [0.5, 0.6) is 5.75 Å². The van der Waals surface area contributed by atoms with Gasteiger partial charge in [0.25, 0.3) is 11.2 Å². The van der Waals surface area contributed by atoms with E-state index in [1.807, 2.05) is 6.07 Å². The Morgan fingerprint density at radius 1 is 1.42 bits per heavy atom. The van der Waals surface area contributed by atoms with Gasteiger partial charge in [-0.15, -0.1) is 0 Å². The van der Waals surface area contributed by atoms with Crippen molar-refractivity contribution >= 4 is 17.9 Å². The second-order valence-electron chi connectivity index (χ2n) is 4.93. The summed E-state index contributed by atoms with van der Waals surface area (Å²) in [6, 6.07) is 7.63. The normalized spacial score (nSPS) is 16.0. The number of non-ortho nitro benzene ring substituents is 1. The van der Waals surface area contributed by atoms with Gasteiger partial charge in [0.05, 0.1) is 16.5 Å². The van der Waals surface area contributed by atoms with E-state index in [0.29, 0.717) is 5.56 Å². The molecule has 0 saturated heterocycles. The van der Waals surface area contributed by atoms with E-state index >= 15 is 0 Å². The van der Waals surface area contributed by atoms with Gasteiger partial charge in [0.2, 0.25) is 11.6 Å². The lowest BCUT2D eigenvalue weighted by molar-refractivity contribution is -0.384. The number of fused-ring (bicyclic) bond motifs is 1. The highest BCUT2D eigenvalue weighted by atomic mass is 32.1. The highest BCUT2D eigenvalue weighted by Crippen LogP contribution is 2.39. The molecule has 1 atom stereocenters. The van der Waals surface area contributed by atoms with Gasteiger partial charge in [0.15, 0.2) is 4.77 Å². The van der Waals surface area contributed by atoms with Crippen LogP contribution in [0.3, 0.4) is 0 Å². The van der Waals surface area contributed by atoms with Gasteiger partial charge >= 0.3 is 0 Å². The van der Waals surface area contributed by atoms with E-state index in [1.54, 1.807) is 6.07 Å². The van der Waals surface area contributed by atoms with E-state index < -0.39 is 16.4 Å². The largest absolute Gasteiger partial charge is 0.433 e. The minimum absolute atomic E-state index is 0.0271. The zero-order valence-electron chi connectivity index (χ0n) is 11.9. The first kappa shape index (κ1) is 15.4. The molecular formula is C14H9N5O4S. The molecule has 2 heterocycles. The number of rotatable bonds is 2. The van der Waals surface area contributed by atoms with Gasteiger partial charge in [-0.25, -0.2) is 0 Å². The molecule has 10 heteroatoms. The van der Waals surface area contributed by atoms with Gasteiger partial charge in [0, 0.05) is 12.1 Å². The fraction of sp³-hybridized carbons (Fsp3) is 0.0714. The number of nitriles is 1. The number of allylic oxidation sites excluding steroid dienone is 1. The molecule has 0 amide bonds. The van der Waals surface area contributed by atoms with E-state index in [-0.39, 0.29) is 33.4 Å². The third-order valence-electron chi connectivity index (χ3n) is 3.52. The number of benzene rings is 1. The first-order valence-corrected chi connectivity index (χ1v) is 7.01. The lowest BCUT2D eigenvalue weighted by Crippen LogP contribution is -2.27. The standard InChI is InChI=1S/C14H9N5O4S/c15-5-8-9(6-2-1-3-7(4-6)19(21)22)10-11(23-12(8)16)13(20)18-14(24)17-10/h1-4,9H,16H2,(H2,17,18,20,24). The molecule has 0 saturated carbocycles. The molecule has 0 radical (unpaired) electrons. The van der Waals surface area contributed by atoms with E-state index in [4.69, 9.17) is 22.7 Å². The van der Waals surface area contributed by atoms with Gasteiger partial charge in [-0.1, -0.05) is 12.1 Å². The smallest absolute Gasteiger partial charge is 0.295 e. The zero-order chi connectivity index (χ0) is 17.4. The SMILES string of the molecule is N#CC1=C(N)Oc2c([nH]c(=S)[nH]c2=O)C1c1cccc([N+](=O)[O-])c1. The number of nitro benzene ring substituents is 1. The van der Waals surface area contributed by atoms with Crippen LogP contribution >= 0.6 is 12.2 Å². The van der Waals surface area contributed by atoms with Crippen LogP contribution in [0.25, 0.3) is 0 Å². The highest BCUT2D eigenvalue weighted by Gasteiger charge is 2.33. The lowest BCUT2D eigenvalue weighted by Gasteiger charge is -2.25. The molecule has 0 spiro atoms. The van der Waals surface area contributed by atoms with Crippen LogP contribution in [0.1, 0.15) is 17.2 Å². The Morgan fingerprint density at radius 3 is 2.83 bits per heavy atom. The van der Waals surface area contributed by atoms with E-state index in [2.05, 4.69) is 9.97 Å². The monoisotopic (exact) mass is 343 g/mol. The third-order valence-corrected chi connectivity index (χ3v) is 3.72. The summed E-state index contributed by atoms with van der Waals surface area (Å²) < 4.78 is 5.27. The van der Waals surface area contributed by atoms with Crippen molar-refractivity contribution in [1.82, 2.24) is 9.97 Å². The topological polar surface area (TPSA) is 151 Å². The van der Waals surface area contributed by atoms with Gasteiger partial charge in [-0.2, -0.15) is 5.26 Å². The summed E-state index contributed by atoms with van der Waals surface area (Å²) in [6.45, 7) is 0. The van der Waals surface area contributed by atoms with Crippen LogP contribution in [0, 0.1) is 26.2 Å². The van der Waals surface area contributed by atoms with Crippen LogP contribution in [-0.4, -0.2) is 14.9 Å². The van der Waals surface area contributed by atoms with Crippen molar-refractivity contribution in [2.45, 2.75) is 5.92 Å². The molecule has 0 bridgehead atoms. The minimum Gasteiger partial charge on any atom is -0.433 e. The molecule has 3 rings (SSSR count). The molecule has 1 aromatic carbocycles. The van der Waals surface area contributed by atoms with Crippen molar-refractivity contribution in [1.29, 1.82) is 5.26 Å². The Morgan fingerprint density at radius 2 is 2.17 bits per heavy atom. The Kier molecular flexibility index (Phi) is 3.63. The average Bonchev–Trinajstić information content (AvgIpc) is 2.54. The number of nitrogens with one attached hydrogen (secondary N) is 2. The van der Waals surface area contributed by atoms with Crippen molar-refractivity contribution in [3.8, 4) is 11.8 Å². The quantitative estimate of drug-likeness (QED) is 0.425. The summed E-state index contributed by atoms with van der Waals surface area (Å²) in [7, 11) is 0. The maximum atomic E-state index is 12.0. The first-order valence-electron chi connectivity index (χ1n) is 6.60. The number of ether oxygens (including phenoxy) is 1. The highest BCUT2D eigenvalue weighted by molar-refractivity contribution is 7.71. The molecule has 2 aromatic rings. The van der Waals surface area contributed by atoms with Crippen LogP contribution < -0.4 is 16.0 Å². The molecule has 4 N–H and O–H groups in total. The number of hydrogen-bond donors (Lipinski definition) is 3. The van der Waals surface area contributed by atoms with Crippen LogP contribution in [0.15, 0.2) is 40.5 Å². The number of H-pyrrole nitrogens is 2. The maximum absolute atomic E-state index is 12.0.